The maximum atomic E-state index is 16.2. The Morgan fingerprint density at radius 3 is 2.08 bits per heavy atom. The van der Waals surface area contributed by atoms with E-state index in [2.05, 4.69) is 17.9 Å². The number of Topliss-reactive ketones (excluding diaryl/α,β-unsaturated/α-hetero) is 1. The van der Waals surface area contributed by atoms with E-state index in [1.807, 2.05) is 0 Å². The van der Waals surface area contributed by atoms with Crippen molar-refractivity contribution in [2.75, 3.05) is 19.0 Å². The lowest BCUT2D eigenvalue weighted by molar-refractivity contribution is -0.348. The van der Waals surface area contributed by atoms with Crippen molar-refractivity contribution >= 4 is 54.2 Å². The lowest BCUT2D eigenvalue weighted by Crippen LogP contribution is -2.82. The normalized spacial score (nSPS) is 29.2. The van der Waals surface area contributed by atoms with Crippen LogP contribution < -0.4 is 5.32 Å². The van der Waals surface area contributed by atoms with Crippen molar-refractivity contribution in [3.05, 3.63) is 119 Å². The molecule has 2 N–H and O–H groups in total. The molecule has 380 valence electrons. The number of rotatable bonds is 16. The van der Waals surface area contributed by atoms with E-state index in [-0.39, 0.29) is 60.5 Å². The highest BCUT2D eigenvalue weighted by atomic mass is 32.1. The summed E-state index contributed by atoms with van der Waals surface area (Å²) in [5, 5.41) is 16.9. The largest absolute Gasteiger partial charge is 0.455 e. The SMILES string of the molecule is CCC(=O)O[C@H]1C(=O)[C@@]2(C)C([C@H](OC(=O)c3ccc(F)cc3)[C@]3(O)C[C@H](OC(=O)[C@H](OC(=O)CC)[C@@H](NC(=O)c4ccccc4)c4ccccc4)C(C)=C1C3(C)C)[C@]1(OC(C)=O)CO[C@@H]1C[C@@H]2OCCS. The van der Waals surface area contributed by atoms with Gasteiger partial charge in [0.1, 0.15) is 35.8 Å². The van der Waals surface area contributed by atoms with Gasteiger partial charge in [-0.05, 0) is 67.0 Å². The number of esters is 5. The number of carbonyl (C=O) groups is 7. The van der Waals surface area contributed by atoms with Crippen LogP contribution in [0, 0.1) is 22.6 Å². The molecule has 2 bridgehead atoms. The molecule has 3 aromatic carbocycles. The topological polar surface area (TPSA) is 216 Å². The Labute approximate surface area is 416 Å². The minimum absolute atomic E-state index is 0.00101. The summed E-state index contributed by atoms with van der Waals surface area (Å²) in [6.07, 6.45) is -10.2. The molecule has 71 heavy (non-hydrogen) atoms. The van der Waals surface area contributed by atoms with E-state index in [0.717, 1.165) is 19.1 Å². The van der Waals surface area contributed by atoms with Crippen molar-refractivity contribution in [2.45, 2.75) is 128 Å². The molecule has 3 aromatic rings. The first-order chi connectivity index (χ1) is 33.7. The number of amides is 1. The van der Waals surface area contributed by atoms with Gasteiger partial charge in [-0.3, -0.25) is 24.0 Å². The van der Waals surface area contributed by atoms with E-state index in [4.69, 9.17) is 33.2 Å². The number of ketones is 1. The summed E-state index contributed by atoms with van der Waals surface area (Å²) in [6, 6.07) is 19.5. The van der Waals surface area contributed by atoms with E-state index < -0.39 is 124 Å². The van der Waals surface area contributed by atoms with Crippen LogP contribution in [-0.4, -0.2) is 113 Å². The number of nitrogens with one attached hydrogen (secondary N) is 1. The maximum Gasteiger partial charge on any atom is 0.350 e. The van der Waals surface area contributed by atoms with Crippen LogP contribution in [0.15, 0.2) is 96.1 Å². The Balaban J connectivity index is 1.46. The smallest absolute Gasteiger partial charge is 0.350 e. The molecule has 1 unspecified atom stereocenters. The molecule has 1 amide bonds. The number of benzene rings is 3. The number of hydrogen-bond acceptors (Lipinski definition) is 16. The first-order valence-corrected chi connectivity index (χ1v) is 24.3. The standard InChI is InChI=1S/C53H60FNO15S/c1-8-38(57)67-42-40-29(3)35(66-49(62)43(68-39(58)9-2)41(31-16-12-10-13-17-31)55-47(60)32-18-14-11-15-19-32)27-53(63,50(40,5)6)46(69-48(61)33-20-22-34(54)23-21-33)44-51(7,45(42)59)36(64-24-25-71)26-37-52(44,28-65-37)70-30(4)56/h10-23,35-37,41-44,46,63,71H,8-9,24-28H2,1-7H3,(H,55,60)/t35-,36-,37+,41-,42+,43+,44?,46-,51+,52-,53+/m0/s1. The molecule has 1 aliphatic heterocycles. The van der Waals surface area contributed by atoms with Gasteiger partial charge in [0.25, 0.3) is 5.91 Å². The molecule has 16 nitrogen and oxygen atoms in total. The van der Waals surface area contributed by atoms with Crippen molar-refractivity contribution in [1.29, 1.82) is 0 Å². The third kappa shape index (κ3) is 9.75. The van der Waals surface area contributed by atoms with Crippen molar-refractivity contribution < 1.29 is 76.2 Å². The first-order valence-electron chi connectivity index (χ1n) is 23.7. The molecule has 0 radical (unpaired) electrons. The summed E-state index contributed by atoms with van der Waals surface area (Å²) >= 11 is 4.36. The second kappa shape index (κ2) is 21.0. The van der Waals surface area contributed by atoms with Gasteiger partial charge in [-0.2, -0.15) is 12.6 Å². The molecule has 0 aromatic heterocycles. The average molecular weight is 1000 g/mol. The zero-order chi connectivity index (χ0) is 51.6. The number of aliphatic hydroxyl groups is 1. The number of thiol groups is 1. The Kier molecular flexibility index (Phi) is 15.7. The number of ether oxygens (including phenoxy) is 7. The van der Waals surface area contributed by atoms with Crippen LogP contribution >= 0.6 is 12.6 Å². The monoisotopic (exact) mass is 1000 g/mol. The summed E-state index contributed by atoms with van der Waals surface area (Å²) in [5.41, 5.74) is -7.35. The molecule has 18 heteroatoms. The third-order valence-corrected chi connectivity index (χ3v) is 14.9. The quantitative estimate of drug-likeness (QED) is 0.0632. The Bertz CT molecular complexity index is 2560. The van der Waals surface area contributed by atoms with Crippen molar-refractivity contribution in [3.8, 4) is 0 Å². The third-order valence-electron chi connectivity index (χ3n) is 14.7. The number of halogens is 1. The van der Waals surface area contributed by atoms with E-state index >= 15 is 9.59 Å². The van der Waals surface area contributed by atoms with Crippen LogP contribution in [0.1, 0.15) is 106 Å². The van der Waals surface area contributed by atoms with Gasteiger partial charge in [-0.25, -0.2) is 14.0 Å². The molecule has 1 saturated heterocycles. The van der Waals surface area contributed by atoms with Gasteiger partial charge in [-0.1, -0.05) is 76.2 Å². The van der Waals surface area contributed by atoms with Crippen molar-refractivity contribution in [2.24, 2.45) is 16.7 Å². The van der Waals surface area contributed by atoms with E-state index in [1.165, 1.54) is 32.9 Å². The van der Waals surface area contributed by atoms with Crippen LogP contribution in [0.25, 0.3) is 0 Å². The predicted molar refractivity (Wildman–Crippen MR) is 254 cm³/mol. The van der Waals surface area contributed by atoms with Gasteiger partial charge < -0.3 is 43.6 Å². The van der Waals surface area contributed by atoms with Gasteiger partial charge in [-0.15, -0.1) is 0 Å². The van der Waals surface area contributed by atoms with Gasteiger partial charge in [0.15, 0.2) is 17.5 Å². The lowest BCUT2D eigenvalue weighted by Gasteiger charge is -2.67. The molecule has 3 aliphatic carbocycles. The number of fused-ring (bicyclic) bond motifs is 5. The number of carbonyl (C=O) groups excluding carboxylic acids is 7. The van der Waals surface area contributed by atoms with Crippen molar-refractivity contribution in [3.63, 3.8) is 0 Å². The van der Waals surface area contributed by atoms with Crippen LogP contribution in [0.5, 0.6) is 0 Å². The molecular weight excluding hydrogens is 942 g/mol. The van der Waals surface area contributed by atoms with Crippen LogP contribution in [0.3, 0.4) is 0 Å². The zero-order valence-electron chi connectivity index (χ0n) is 40.6. The Morgan fingerprint density at radius 1 is 0.873 bits per heavy atom. The minimum Gasteiger partial charge on any atom is -0.455 e. The van der Waals surface area contributed by atoms with Crippen LogP contribution in [0.4, 0.5) is 4.39 Å². The molecule has 7 rings (SSSR count). The van der Waals surface area contributed by atoms with E-state index in [0.29, 0.717) is 5.56 Å². The first kappa shape index (κ1) is 52.9. The molecule has 0 spiro atoms. The highest BCUT2D eigenvalue weighted by Gasteiger charge is 2.78. The predicted octanol–water partition coefficient (Wildman–Crippen LogP) is 6.18. The molecule has 4 aliphatic rings. The fourth-order valence-electron chi connectivity index (χ4n) is 11.0. The van der Waals surface area contributed by atoms with E-state index in [1.54, 1.807) is 81.4 Å². The van der Waals surface area contributed by atoms with E-state index in [9.17, 15) is 33.5 Å². The Hall–Kier alpha value is -5.95. The molecule has 1 heterocycles. The Morgan fingerprint density at radius 2 is 1.51 bits per heavy atom. The fourth-order valence-corrected chi connectivity index (χ4v) is 11.1. The second-order valence-corrected chi connectivity index (χ2v) is 19.6. The zero-order valence-corrected chi connectivity index (χ0v) is 41.5. The molecule has 11 atom stereocenters. The second-order valence-electron chi connectivity index (χ2n) is 19.1. The summed E-state index contributed by atoms with van der Waals surface area (Å²) < 4.78 is 57.9. The van der Waals surface area contributed by atoms with Gasteiger partial charge in [0.05, 0.1) is 36.2 Å². The highest BCUT2D eigenvalue weighted by molar-refractivity contribution is 7.80. The minimum atomic E-state index is -2.47. The summed E-state index contributed by atoms with van der Waals surface area (Å²) in [5.74, 6) is -8.06. The fraction of sp³-hybridized carbons (Fsp3) is 0.491. The number of hydrogen-bond donors (Lipinski definition) is 3. The summed E-state index contributed by atoms with van der Waals surface area (Å²) in [4.78, 5) is 99.9. The molecule has 3 fully saturated rings. The van der Waals surface area contributed by atoms with Crippen LogP contribution in [-0.2, 0) is 57.1 Å². The lowest BCUT2D eigenvalue weighted by atomic mass is 9.44. The highest BCUT2D eigenvalue weighted by Crippen LogP contribution is 2.65. The van der Waals surface area contributed by atoms with Crippen LogP contribution in [0.2, 0.25) is 0 Å². The van der Waals surface area contributed by atoms with Gasteiger partial charge in [0, 0.05) is 49.3 Å². The molecule has 2 saturated carbocycles. The van der Waals surface area contributed by atoms with Gasteiger partial charge in [0.2, 0.25) is 6.10 Å². The summed E-state index contributed by atoms with van der Waals surface area (Å²) in [7, 11) is 0. The maximum absolute atomic E-state index is 16.2. The van der Waals surface area contributed by atoms with Crippen molar-refractivity contribution in [1.82, 2.24) is 5.32 Å². The molecular formula is C53H60FNO15S. The summed E-state index contributed by atoms with van der Waals surface area (Å²) in [6.45, 7) is 10.1. The average Bonchev–Trinajstić information content (AvgIpc) is 3.34. The van der Waals surface area contributed by atoms with Gasteiger partial charge >= 0.3 is 29.8 Å².